The zero-order valence-corrected chi connectivity index (χ0v) is 23.7. The molecule has 40 heavy (non-hydrogen) atoms. The summed E-state index contributed by atoms with van der Waals surface area (Å²) >= 11 is 0. The summed E-state index contributed by atoms with van der Waals surface area (Å²) in [5, 5.41) is 3.02. The number of ether oxygens (including phenoxy) is 2. The van der Waals surface area contributed by atoms with Crippen LogP contribution in [0, 0.1) is 6.92 Å². The average Bonchev–Trinajstić information content (AvgIpc) is 2.95. The van der Waals surface area contributed by atoms with Gasteiger partial charge in [-0.05, 0) is 50.1 Å². The fraction of sp³-hybridized carbons (Fsp3) is 0.387. The van der Waals surface area contributed by atoms with Crippen LogP contribution in [0.1, 0.15) is 41.4 Å². The molecule has 0 bridgehead atoms. The SMILES string of the molecule is C=CCN1C(=O)NC(c2ccccc2C)C(C(=O)OCC)=C1CN1CCN(C(=O)c2cccc(OC)c2)C(C)C1. The number of carbonyl (C=O) groups is 3. The lowest BCUT2D eigenvalue weighted by Crippen LogP contribution is -2.56. The molecule has 2 aliphatic rings. The molecule has 1 saturated heterocycles. The molecular formula is C31H38N4O5. The van der Waals surface area contributed by atoms with Crippen LogP contribution < -0.4 is 10.1 Å². The topological polar surface area (TPSA) is 91.4 Å². The van der Waals surface area contributed by atoms with Gasteiger partial charge in [0.15, 0.2) is 0 Å². The van der Waals surface area contributed by atoms with Gasteiger partial charge >= 0.3 is 12.0 Å². The van der Waals surface area contributed by atoms with Gasteiger partial charge in [-0.1, -0.05) is 36.4 Å². The molecule has 212 valence electrons. The average molecular weight is 547 g/mol. The molecule has 1 N–H and O–H groups in total. The Labute approximate surface area is 236 Å². The van der Waals surface area contributed by atoms with E-state index in [1.165, 1.54) is 0 Å². The molecule has 3 amide bonds. The van der Waals surface area contributed by atoms with E-state index < -0.39 is 12.0 Å². The molecule has 0 spiro atoms. The van der Waals surface area contributed by atoms with Crippen molar-refractivity contribution in [3.8, 4) is 5.75 Å². The summed E-state index contributed by atoms with van der Waals surface area (Å²) in [5.74, 6) is 0.124. The summed E-state index contributed by atoms with van der Waals surface area (Å²) < 4.78 is 10.8. The van der Waals surface area contributed by atoms with E-state index in [1.54, 1.807) is 37.1 Å². The van der Waals surface area contributed by atoms with Crippen molar-refractivity contribution < 1.29 is 23.9 Å². The van der Waals surface area contributed by atoms with Gasteiger partial charge in [0.1, 0.15) is 5.75 Å². The number of carbonyl (C=O) groups excluding carboxylic acids is 3. The van der Waals surface area contributed by atoms with E-state index in [0.29, 0.717) is 48.8 Å². The maximum atomic E-state index is 13.5. The number of nitrogens with zero attached hydrogens (tertiary/aromatic N) is 3. The highest BCUT2D eigenvalue weighted by Gasteiger charge is 2.39. The van der Waals surface area contributed by atoms with Gasteiger partial charge in [0.05, 0.1) is 25.3 Å². The molecule has 0 saturated carbocycles. The van der Waals surface area contributed by atoms with Crippen molar-refractivity contribution in [1.82, 2.24) is 20.0 Å². The van der Waals surface area contributed by atoms with E-state index in [2.05, 4.69) is 16.8 Å². The van der Waals surface area contributed by atoms with Crippen molar-refractivity contribution in [3.63, 3.8) is 0 Å². The fourth-order valence-corrected chi connectivity index (χ4v) is 5.40. The van der Waals surface area contributed by atoms with Gasteiger partial charge in [-0.2, -0.15) is 0 Å². The summed E-state index contributed by atoms with van der Waals surface area (Å²) in [5.41, 5.74) is 3.39. The number of esters is 1. The summed E-state index contributed by atoms with van der Waals surface area (Å²) in [6.45, 7) is 12.0. The summed E-state index contributed by atoms with van der Waals surface area (Å²) in [4.78, 5) is 45.7. The predicted octanol–water partition coefficient (Wildman–Crippen LogP) is 3.92. The number of hydrogen-bond acceptors (Lipinski definition) is 6. The fourth-order valence-electron chi connectivity index (χ4n) is 5.40. The number of urea groups is 1. The van der Waals surface area contributed by atoms with Gasteiger partial charge in [-0.3, -0.25) is 14.6 Å². The first-order valence-electron chi connectivity index (χ1n) is 13.6. The maximum absolute atomic E-state index is 13.5. The van der Waals surface area contributed by atoms with Crippen LogP contribution in [0.5, 0.6) is 5.75 Å². The number of methoxy groups -OCH3 is 1. The number of hydrogen-bond donors (Lipinski definition) is 1. The molecule has 2 aromatic rings. The summed E-state index contributed by atoms with van der Waals surface area (Å²) in [6, 6.07) is 13.8. The van der Waals surface area contributed by atoms with Crippen LogP contribution in [0.2, 0.25) is 0 Å². The third-order valence-electron chi connectivity index (χ3n) is 7.41. The van der Waals surface area contributed by atoms with Crippen LogP contribution in [-0.2, 0) is 9.53 Å². The van der Waals surface area contributed by atoms with Crippen molar-refractivity contribution >= 4 is 17.9 Å². The van der Waals surface area contributed by atoms with E-state index in [4.69, 9.17) is 9.47 Å². The van der Waals surface area contributed by atoms with Crippen molar-refractivity contribution in [3.05, 3.63) is 89.1 Å². The molecule has 2 aromatic carbocycles. The molecule has 9 heteroatoms. The Bertz CT molecular complexity index is 1310. The molecule has 1 fully saturated rings. The first-order valence-corrected chi connectivity index (χ1v) is 13.6. The molecule has 2 heterocycles. The molecule has 2 aliphatic heterocycles. The van der Waals surface area contributed by atoms with Gasteiger partial charge in [0.25, 0.3) is 5.91 Å². The van der Waals surface area contributed by atoms with E-state index >= 15 is 0 Å². The minimum Gasteiger partial charge on any atom is -0.497 e. The van der Waals surface area contributed by atoms with Gasteiger partial charge in [0, 0.05) is 50.0 Å². The highest BCUT2D eigenvalue weighted by molar-refractivity contribution is 5.96. The van der Waals surface area contributed by atoms with Crippen molar-refractivity contribution in [2.24, 2.45) is 0 Å². The number of nitrogens with one attached hydrogen (secondary N) is 1. The van der Waals surface area contributed by atoms with E-state index in [9.17, 15) is 14.4 Å². The van der Waals surface area contributed by atoms with Crippen LogP contribution in [0.4, 0.5) is 4.79 Å². The first-order chi connectivity index (χ1) is 19.3. The number of piperazine rings is 1. The molecule has 4 rings (SSSR count). The molecule has 2 atom stereocenters. The highest BCUT2D eigenvalue weighted by atomic mass is 16.5. The number of aryl methyl sites for hydroxylation is 1. The van der Waals surface area contributed by atoms with Gasteiger partial charge in [0.2, 0.25) is 0 Å². The smallest absolute Gasteiger partial charge is 0.338 e. The Morgan fingerprint density at radius 1 is 1.15 bits per heavy atom. The first kappa shape index (κ1) is 28.9. The zero-order chi connectivity index (χ0) is 28.8. The Morgan fingerprint density at radius 3 is 2.60 bits per heavy atom. The van der Waals surface area contributed by atoms with Gasteiger partial charge < -0.3 is 19.7 Å². The van der Waals surface area contributed by atoms with Gasteiger partial charge in [-0.25, -0.2) is 9.59 Å². The standard InChI is InChI=1S/C31H38N4O5/c1-6-15-35-26(27(30(37)40-7-2)28(32-31(35)38)25-14-9-8-11-21(25)3)20-33-16-17-34(22(4)19-33)29(36)23-12-10-13-24(18-23)39-5/h6,8-14,18,22,28H,1,7,15-17,19-20H2,2-5H3,(H,32,38). The highest BCUT2D eigenvalue weighted by Crippen LogP contribution is 2.34. The summed E-state index contributed by atoms with van der Waals surface area (Å²) in [6.07, 6.45) is 1.64. The molecule has 0 aromatic heterocycles. The third-order valence-corrected chi connectivity index (χ3v) is 7.41. The second-order valence-electron chi connectivity index (χ2n) is 10.0. The number of benzene rings is 2. The Morgan fingerprint density at radius 2 is 1.93 bits per heavy atom. The normalized spacial score (nSPS) is 19.8. The van der Waals surface area contributed by atoms with Crippen LogP contribution in [-0.4, -0.2) is 85.1 Å². The second kappa shape index (κ2) is 12.8. The van der Waals surface area contributed by atoms with E-state index in [0.717, 1.165) is 11.1 Å². The van der Waals surface area contributed by atoms with Crippen LogP contribution in [0.15, 0.2) is 72.5 Å². The van der Waals surface area contributed by atoms with Crippen LogP contribution >= 0.6 is 0 Å². The van der Waals surface area contributed by atoms with Crippen molar-refractivity contribution in [2.75, 3.05) is 46.4 Å². The van der Waals surface area contributed by atoms with Crippen molar-refractivity contribution in [1.29, 1.82) is 0 Å². The lowest BCUT2D eigenvalue weighted by molar-refractivity contribution is -0.139. The predicted molar refractivity (Wildman–Crippen MR) is 153 cm³/mol. The Hall–Kier alpha value is -4.11. The quantitative estimate of drug-likeness (QED) is 0.379. The molecular weight excluding hydrogens is 508 g/mol. The molecule has 2 unspecified atom stereocenters. The summed E-state index contributed by atoms with van der Waals surface area (Å²) in [7, 11) is 1.58. The molecule has 9 nitrogen and oxygen atoms in total. The molecule has 0 radical (unpaired) electrons. The number of rotatable bonds is 9. The van der Waals surface area contributed by atoms with E-state index in [-0.39, 0.29) is 31.1 Å². The minimum atomic E-state index is -0.642. The lowest BCUT2D eigenvalue weighted by atomic mass is 9.91. The van der Waals surface area contributed by atoms with Crippen LogP contribution in [0.3, 0.4) is 0 Å². The van der Waals surface area contributed by atoms with Gasteiger partial charge in [-0.15, -0.1) is 6.58 Å². The van der Waals surface area contributed by atoms with E-state index in [1.807, 2.05) is 55.1 Å². The zero-order valence-electron chi connectivity index (χ0n) is 23.7. The molecule has 0 aliphatic carbocycles. The maximum Gasteiger partial charge on any atom is 0.338 e. The van der Waals surface area contributed by atoms with Crippen LogP contribution in [0.25, 0.3) is 0 Å². The largest absolute Gasteiger partial charge is 0.497 e. The Kier molecular flexibility index (Phi) is 9.26. The van der Waals surface area contributed by atoms with Crippen molar-refractivity contribution in [2.45, 2.75) is 32.9 Å². The second-order valence-corrected chi connectivity index (χ2v) is 10.0. The third kappa shape index (κ3) is 6.04. The Balaban J connectivity index is 1.65. The minimum absolute atomic E-state index is 0.0533. The lowest BCUT2D eigenvalue weighted by Gasteiger charge is -2.43. The monoisotopic (exact) mass is 546 g/mol. The number of amides is 3.